The van der Waals surface area contributed by atoms with Crippen molar-refractivity contribution >= 4 is 43.2 Å². The normalized spacial score (nSPS) is 18.2. The first-order valence-electron chi connectivity index (χ1n) is 9.08. The molecule has 0 bridgehead atoms. The lowest BCUT2D eigenvalue weighted by Gasteiger charge is -2.31. The predicted octanol–water partition coefficient (Wildman–Crippen LogP) is 2.44. The van der Waals surface area contributed by atoms with Crippen molar-refractivity contribution in [3.8, 4) is 10.6 Å². The fourth-order valence-electron chi connectivity index (χ4n) is 3.18. The van der Waals surface area contributed by atoms with Crippen LogP contribution in [0.5, 0.6) is 0 Å². The first-order valence-corrected chi connectivity index (χ1v) is 12.2. The summed E-state index contributed by atoms with van der Waals surface area (Å²) < 4.78 is 28.5. The number of hydrogen-bond acceptors (Lipinski definition) is 6. The van der Waals surface area contributed by atoms with Gasteiger partial charge in [-0.2, -0.15) is 0 Å². The van der Waals surface area contributed by atoms with Gasteiger partial charge in [0.05, 0.1) is 5.92 Å². The molecule has 0 spiro atoms. The molecule has 1 saturated heterocycles. The number of sulfonamides is 1. The number of amides is 1. The van der Waals surface area contributed by atoms with Gasteiger partial charge in [-0.15, -0.1) is 11.3 Å². The SMILES string of the molecule is NC(=O)C1CCCN(CCCNS(=O)(=O)c2csc(-c3ccc(Br)cc3)n2)C1. The van der Waals surface area contributed by atoms with Crippen LogP contribution < -0.4 is 10.5 Å². The maximum Gasteiger partial charge on any atom is 0.258 e. The number of hydrogen-bond donors (Lipinski definition) is 2. The standard InChI is InChI=1S/C18H23BrN4O3S2/c19-15-6-4-13(5-7-15)18-22-16(12-27-18)28(25,26)21-8-2-10-23-9-1-3-14(11-23)17(20)24/h4-7,12,14,21H,1-3,8-11H2,(H2,20,24). The Morgan fingerprint density at radius 3 is 2.82 bits per heavy atom. The van der Waals surface area contributed by atoms with Crippen molar-refractivity contribution < 1.29 is 13.2 Å². The number of aromatic nitrogens is 1. The second-order valence-corrected chi connectivity index (χ2v) is 10.3. The Labute approximate surface area is 177 Å². The van der Waals surface area contributed by atoms with Crippen LogP contribution in [-0.2, 0) is 14.8 Å². The lowest BCUT2D eigenvalue weighted by molar-refractivity contribution is -0.123. The van der Waals surface area contributed by atoms with E-state index in [0.717, 1.165) is 36.0 Å². The smallest absolute Gasteiger partial charge is 0.258 e. The molecule has 2 aromatic rings. The van der Waals surface area contributed by atoms with Gasteiger partial charge >= 0.3 is 0 Å². The molecule has 0 radical (unpaired) electrons. The predicted molar refractivity (Wildman–Crippen MR) is 113 cm³/mol. The number of piperidine rings is 1. The maximum absolute atomic E-state index is 12.5. The average Bonchev–Trinajstić information content (AvgIpc) is 3.17. The van der Waals surface area contributed by atoms with Crippen molar-refractivity contribution in [2.24, 2.45) is 11.7 Å². The summed E-state index contributed by atoms with van der Waals surface area (Å²) in [5, 5.41) is 2.27. The van der Waals surface area contributed by atoms with Gasteiger partial charge in [-0.05, 0) is 44.5 Å². The lowest BCUT2D eigenvalue weighted by atomic mass is 9.97. The van der Waals surface area contributed by atoms with E-state index in [1.807, 2.05) is 24.3 Å². The molecular formula is C18H23BrN4O3S2. The van der Waals surface area contributed by atoms with Crippen LogP contribution in [0, 0.1) is 5.92 Å². The summed E-state index contributed by atoms with van der Waals surface area (Å²) in [7, 11) is -3.64. The molecule has 0 aliphatic carbocycles. The van der Waals surface area contributed by atoms with Gasteiger partial charge in [0.25, 0.3) is 10.0 Å². The van der Waals surface area contributed by atoms with E-state index in [0.29, 0.717) is 24.5 Å². The van der Waals surface area contributed by atoms with Gasteiger partial charge in [-0.1, -0.05) is 28.1 Å². The van der Waals surface area contributed by atoms with Crippen molar-refractivity contribution in [3.05, 3.63) is 34.1 Å². The Bertz CT molecular complexity index is 915. The van der Waals surface area contributed by atoms with Crippen LogP contribution in [0.1, 0.15) is 19.3 Å². The van der Waals surface area contributed by atoms with Crippen LogP contribution in [0.3, 0.4) is 0 Å². The van der Waals surface area contributed by atoms with Gasteiger partial charge < -0.3 is 10.6 Å². The molecule has 1 aliphatic rings. The number of thiazole rings is 1. The minimum absolute atomic E-state index is 0.0437. The molecule has 10 heteroatoms. The monoisotopic (exact) mass is 486 g/mol. The number of nitrogens with one attached hydrogen (secondary N) is 1. The summed E-state index contributed by atoms with van der Waals surface area (Å²) in [4.78, 5) is 17.8. The number of nitrogens with two attached hydrogens (primary N) is 1. The molecule has 1 fully saturated rings. The number of carbonyl (C=O) groups excluding carboxylic acids is 1. The average molecular weight is 487 g/mol. The number of primary amides is 1. The molecule has 1 amide bonds. The van der Waals surface area contributed by atoms with Crippen molar-refractivity contribution in [2.75, 3.05) is 26.2 Å². The Balaban J connectivity index is 1.50. The summed E-state index contributed by atoms with van der Waals surface area (Å²) in [5.41, 5.74) is 6.27. The van der Waals surface area contributed by atoms with Crippen LogP contribution >= 0.6 is 27.3 Å². The Morgan fingerprint density at radius 1 is 1.36 bits per heavy atom. The topological polar surface area (TPSA) is 105 Å². The number of halogens is 1. The zero-order valence-corrected chi connectivity index (χ0v) is 18.5. The third-order valence-electron chi connectivity index (χ3n) is 4.70. The largest absolute Gasteiger partial charge is 0.369 e. The Hall–Kier alpha value is -1.33. The molecule has 0 saturated carbocycles. The van der Waals surface area contributed by atoms with E-state index < -0.39 is 10.0 Å². The number of nitrogens with zero attached hydrogens (tertiary/aromatic N) is 2. The van der Waals surface area contributed by atoms with Crippen LogP contribution in [0.25, 0.3) is 10.6 Å². The van der Waals surface area contributed by atoms with E-state index in [2.05, 4.69) is 30.5 Å². The summed E-state index contributed by atoms with van der Waals surface area (Å²) in [6, 6.07) is 7.58. The highest BCUT2D eigenvalue weighted by molar-refractivity contribution is 9.10. The summed E-state index contributed by atoms with van der Waals surface area (Å²) in [5.74, 6) is -0.354. The summed E-state index contributed by atoms with van der Waals surface area (Å²) in [6.45, 7) is 2.63. The molecule has 1 aromatic heterocycles. The second kappa shape index (κ2) is 9.45. The molecule has 28 heavy (non-hydrogen) atoms. The first kappa shape index (κ1) is 21.4. The molecule has 1 atom stereocenters. The highest BCUT2D eigenvalue weighted by atomic mass is 79.9. The summed E-state index contributed by atoms with van der Waals surface area (Å²) >= 11 is 4.68. The first-order chi connectivity index (χ1) is 13.3. The molecule has 3 N–H and O–H groups in total. The van der Waals surface area contributed by atoms with Gasteiger partial charge in [-0.3, -0.25) is 4.79 Å². The van der Waals surface area contributed by atoms with E-state index in [1.54, 1.807) is 5.38 Å². The van der Waals surface area contributed by atoms with Gasteiger partial charge in [0.2, 0.25) is 5.91 Å². The number of likely N-dealkylation sites (tertiary alicyclic amines) is 1. The molecule has 1 unspecified atom stereocenters. The lowest BCUT2D eigenvalue weighted by Crippen LogP contribution is -2.42. The van der Waals surface area contributed by atoms with Crippen LogP contribution in [-0.4, -0.2) is 50.4 Å². The van der Waals surface area contributed by atoms with E-state index in [1.165, 1.54) is 11.3 Å². The zero-order chi connectivity index (χ0) is 20.1. The minimum Gasteiger partial charge on any atom is -0.369 e. The van der Waals surface area contributed by atoms with Crippen LogP contribution in [0.2, 0.25) is 0 Å². The second-order valence-electron chi connectivity index (χ2n) is 6.79. The molecule has 1 aliphatic heterocycles. The van der Waals surface area contributed by atoms with Crippen LogP contribution in [0.15, 0.2) is 39.1 Å². The van der Waals surface area contributed by atoms with E-state index in [-0.39, 0.29) is 16.9 Å². The van der Waals surface area contributed by atoms with Gasteiger partial charge in [0, 0.05) is 28.5 Å². The van der Waals surface area contributed by atoms with E-state index in [9.17, 15) is 13.2 Å². The van der Waals surface area contributed by atoms with Gasteiger partial charge in [0.15, 0.2) is 5.03 Å². The fourth-order valence-corrected chi connectivity index (χ4v) is 5.62. The van der Waals surface area contributed by atoms with Crippen LogP contribution in [0.4, 0.5) is 0 Å². The van der Waals surface area contributed by atoms with Gasteiger partial charge in [-0.25, -0.2) is 18.1 Å². The molecule has 152 valence electrons. The highest BCUT2D eigenvalue weighted by Gasteiger charge is 2.24. The van der Waals surface area contributed by atoms with Crippen molar-refractivity contribution in [1.82, 2.24) is 14.6 Å². The third-order valence-corrected chi connectivity index (χ3v) is 7.61. The third kappa shape index (κ3) is 5.60. The molecule has 3 rings (SSSR count). The zero-order valence-electron chi connectivity index (χ0n) is 15.3. The van der Waals surface area contributed by atoms with E-state index in [4.69, 9.17) is 5.73 Å². The number of rotatable bonds is 8. The molecular weight excluding hydrogens is 464 g/mol. The highest BCUT2D eigenvalue weighted by Crippen LogP contribution is 2.26. The number of carbonyl (C=O) groups is 1. The van der Waals surface area contributed by atoms with Gasteiger partial charge in [0.1, 0.15) is 5.01 Å². The van der Waals surface area contributed by atoms with Crippen molar-refractivity contribution in [2.45, 2.75) is 24.3 Å². The number of benzene rings is 1. The minimum atomic E-state index is -3.64. The van der Waals surface area contributed by atoms with Crippen molar-refractivity contribution in [1.29, 1.82) is 0 Å². The van der Waals surface area contributed by atoms with Crippen molar-refractivity contribution in [3.63, 3.8) is 0 Å². The molecule has 2 heterocycles. The van der Waals surface area contributed by atoms with E-state index >= 15 is 0 Å². The maximum atomic E-state index is 12.5. The Morgan fingerprint density at radius 2 is 2.11 bits per heavy atom. The fraction of sp³-hybridized carbons (Fsp3) is 0.444. The Kier molecular flexibility index (Phi) is 7.21. The molecule has 7 nitrogen and oxygen atoms in total. The summed E-state index contributed by atoms with van der Waals surface area (Å²) in [6.07, 6.45) is 2.44. The quantitative estimate of drug-likeness (QED) is 0.557. The molecule has 1 aromatic carbocycles.